The van der Waals surface area contributed by atoms with Crippen molar-refractivity contribution in [2.24, 2.45) is 0 Å². The second-order valence-electron chi connectivity index (χ2n) is 7.34. The molecule has 5 rings (SSSR count). The molecule has 8 heteroatoms. The van der Waals surface area contributed by atoms with E-state index in [4.69, 9.17) is 11.6 Å². The maximum absolute atomic E-state index is 13.5. The lowest BCUT2D eigenvalue weighted by atomic mass is 9.95. The highest BCUT2D eigenvalue weighted by atomic mass is 35.5. The third kappa shape index (κ3) is 3.14. The summed E-state index contributed by atoms with van der Waals surface area (Å²) < 4.78 is 0. The summed E-state index contributed by atoms with van der Waals surface area (Å²) >= 11 is 5.95. The van der Waals surface area contributed by atoms with E-state index in [-0.39, 0.29) is 5.75 Å². The summed E-state index contributed by atoms with van der Waals surface area (Å²) in [5.74, 6) is -0.436. The van der Waals surface area contributed by atoms with Gasteiger partial charge in [-0.1, -0.05) is 23.7 Å². The van der Waals surface area contributed by atoms with Gasteiger partial charge in [0.15, 0.2) is 0 Å². The molecular weight excluding hydrogens is 428 g/mol. The SMILES string of the molecule is N#Cc1ccc2c(c1)N(c1cccc(O)c1)C1NC(=O)N(c3ccc(Cl)cc3)C(=O)C1=C2. The fourth-order valence-corrected chi connectivity index (χ4v) is 4.07. The third-order valence-corrected chi connectivity index (χ3v) is 5.64. The molecule has 0 radical (unpaired) electrons. The zero-order valence-electron chi connectivity index (χ0n) is 16.5. The highest BCUT2D eigenvalue weighted by Crippen LogP contribution is 2.41. The predicted octanol–water partition coefficient (Wildman–Crippen LogP) is 4.53. The Kier molecular flexibility index (Phi) is 4.58. The number of rotatable bonds is 2. The summed E-state index contributed by atoms with van der Waals surface area (Å²) in [6.07, 6.45) is 0.896. The number of anilines is 3. The first-order valence-electron chi connectivity index (χ1n) is 9.71. The molecule has 1 atom stereocenters. The fraction of sp³-hybridized carbons (Fsp3) is 0.0417. The van der Waals surface area contributed by atoms with Gasteiger partial charge in [-0.3, -0.25) is 4.79 Å². The normalized spacial score (nSPS) is 17.1. The number of halogens is 1. The summed E-state index contributed by atoms with van der Waals surface area (Å²) in [5, 5.41) is 22.8. The van der Waals surface area contributed by atoms with Gasteiger partial charge in [-0.15, -0.1) is 0 Å². The van der Waals surface area contributed by atoms with Gasteiger partial charge in [0, 0.05) is 16.8 Å². The van der Waals surface area contributed by atoms with E-state index >= 15 is 0 Å². The molecule has 7 nitrogen and oxygen atoms in total. The van der Waals surface area contributed by atoms with Gasteiger partial charge in [0.2, 0.25) is 0 Å². The number of urea groups is 1. The number of aromatic hydroxyl groups is 1. The summed E-state index contributed by atoms with van der Waals surface area (Å²) in [4.78, 5) is 29.3. The van der Waals surface area contributed by atoms with Crippen LogP contribution in [0.3, 0.4) is 0 Å². The molecule has 2 heterocycles. The maximum atomic E-state index is 13.5. The third-order valence-electron chi connectivity index (χ3n) is 5.39. The van der Waals surface area contributed by atoms with Gasteiger partial charge >= 0.3 is 6.03 Å². The number of imide groups is 1. The smallest absolute Gasteiger partial charge is 0.330 e. The Labute approximate surface area is 188 Å². The van der Waals surface area contributed by atoms with Gasteiger partial charge in [0.25, 0.3) is 5.91 Å². The van der Waals surface area contributed by atoms with Gasteiger partial charge in [0.05, 0.1) is 28.6 Å². The Hall–Kier alpha value is -4.28. The van der Waals surface area contributed by atoms with Crippen molar-refractivity contribution in [3.05, 3.63) is 88.5 Å². The highest BCUT2D eigenvalue weighted by molar-refractivity contribution is 6.31. The van der Waals surface area contributed by atoms with Crippen molar-refractivity contribution >= 4 is 46.7 Å². The Morgan fingerprint density at radius 3 is 2.50 bits per heavy atom. The lowest BCUT2D eigenvalue weighted by Gasteiger charge is -2.43. The average Bonchev–Trinajstić information content (AvgIpc) is 2.79. The Morgan fingerprint density at radius 1 is 1.00 bits per heavy atom. The van der Waals surface area contributed by atoms with Crippen LogP contribution in [0.1, 0.15) is 11.1 Å². The van der Waals surface area contributed by atoms with Crippen LogP contribution in [0.2, 0.25) is 5.02 Å². The van der Waals surface area contributed by atoms with Crippen molar-refractivity contribution in [1.82, 2.24) is 5.32 Å². The summed E-state index contributed by atoms with van der Waals surface area (Å²) in [6.45, 7) is 0. The number of nitrogens with zero attached hydrogens (tertiary/aromatic N) is 3. The van der Waals surface area contributed by atoms with Crippen LogP contribution in [0.25, 0.3) is 6.08 Å². The minimum absolute atomic E-state index is 0.0350. The van der Waals surface area contributed by atoms with Crippen LogP contribution in [0, 0.1) is 11.3 Å². The molecule has 0 spiro atoms. The topological polar surface area (TPSA) is 96.7 Å². The Bertz CT molecular complexity index is 1340. The van der Waals surface area contributed by atoms with E-state index in [0.29, 0.717) is 38.8 Å². The molecule has 2 aliphatic rings. The predicted molar refractivity (Wildman–Crippen MR) is 121 cm³/mol. The molecule has 1 unspecified atom stereocenters. The minimum atomic E-state index is -0.818. The number of amides is 3. The molecule has 3 aromatic rings. The van der Waals surface area contributed by atoms with E-state index in [1.807, 2.05) is 0 Å². The van der Waals surface area contributed by atoms with E-state index in [9.17, 15) is 20.0 Å². The van der Waals surface area contributed by atoms with Crippen molar-refractivity contribution in [1.29, 1.82) is 5.26 Å². The number of fused-ring (bicyclic) bond motifs is 2. The molecule has 0 bridgehead atoms. The largest absolute Gasteiger partial charge is 0.508 e. The molecule has 1 saturated heterocycles. The van der Waals surface area contributed by atoms with Gasteiger partial charge in [-0.05, 0) is 60.2 Å². The maximum Gasteiger partial charge on any atom is 0.330 e. The number of phenols is 1. The second-order valence-corrected chi connectivity index (χ2v) is 7.78. The molecule has 3 aromatic carbocycles. The molecule has 2 aliphatic heterocycles. The fourth-order valence-electron chi connectivity index (χ4n) is 3.95. The summed E-state index contributed by atoms with van der Waals surface area (Å²) in [7, 11) is 0. The van der Waals surface area contributed by atoms with Crippen LogP contribution in [-0.2, 0) is 4.79 Å². The standard InChI is InChI=1S/C24H15ClN4O3/c25-16-6-8-17(9-7-16)29-23(31)20-11-15-5-4-14(13-26)10-21(15)28(22(20)27-24(29)32)18-2-1-3-19(30)12-18/h1-12,22,30H,(H,27,32). The van der Waals surface area contributed by atoms with E-state index in [1.54, 1.807) is 65.6 Å². The Morgan fingerprint density at radius 2 is 1.78 bits per heavy atom. The molecule has 0 aliphatic carbocycles. The minimum Gasteiger partial charge on any atom is -0.508 e. The van der Waals surface area contributed by atoms with Crippen molar-refractivity contribution in [2.45, 2.75) is 6.17 Å². The number of carbonyl (C=O) groups excluding carboxylic acids is 2. The zero-order valence-corrected chi connectivity index (χ0v) is 17.2. The van der Waals surface area contributed by atoms with Gasteiger partial charge in [-0.2, -0.15) is 5.26 Å². The van der Waals surface area contributed by atoms with Gasteiger partial charge < -0.3 is 15.3 Å². The summed E-state index contributed by atoms with van der Waals surface area (Å²) in [6, 6.07) is 19.5. The Balaban J connectivity index is 1.67. The van der Waals surface area contributed by atoms with Crippen LogP contribution in [0.4, 0.5) is 21.9 Å². The number of nitrogens with one attached hydrogen (secondary N) is 1. The van der Waals surface area contributed by atoms with Crippen LogP contribution in [-0.4, -0.2) is 23.2 Å². The van der Waals surface area contributed by atoms with Crippen LogP contribution in [0.15, 0.2) is 72.3 Å². The zero-order chi connectivity index (χ0) is 22.4. The molecule has 3 amide bonds. The number of phenolic OH excluding ortho intramolecular Hbond substituents is 1. The molecule has 156 valence electrons. The molecule has 2 N–H and O–H groups in total. The second kappa shape index (κ2) is 7.45. The number of benzene rings is 3. The van der Waals surface area contributed by atoms with Crippen molar-refractivity contribution in [3.8, 4) is 11.8 Å². The number of nitriles is 1. The van der Waals surface area contributed by atoms with Crippen LogP contribution in [0.5, 0.6) is 5.75 Å². The van der Waals surface area contributed by atoms with E-state index in [0.717, 1.165) is 4.90 Å². The molecule has 0 saturated carbocycles. The van der Waals surface area contributed by atoms with Gasteiger partial charge in [-0.25, -0.2) is 9.69 Å². The van der Waals surface area contributed by atoms with E-state index in [2.05, 4.69) is 11.4 Å². The lowest BCUT2D eigenvalue weighted by Crippen LogP contribution is -2.62. The molecular formula is C24H15ClN4O3. The number of carbonyl (C=O) groups is 2. The quantitative estimate of drug-likeness (QED) is 0.607. The molecule has 32 heavy (non-hydrogen) atoms. The molecule has 0 aromatic heterocycles. The number of hydrogen-bond donors (Lipinski definition) is 2. The van der Waals surface area contributed by atoms with Crippen LogP contribution >= 0.6 is 11.6 Å². The first kappa shape index (κ1) is 19.7. The summed E-state index contributed by atoms with van der Waals surface area (Å²) in [5.41, 5.74) is 3.08. The lowest BCUT2D eigenvalue weighted by molar-refractivity contribution is -0.115. The van der Waals surface area contributed by atoms with Crippen molar-refractivity contribution in [2.75, 3.05) is 9.80 Å². The highest BCUT2D eigenvalue weighted by Gasteiger charge is 2.43. The monoisotopic (exact) mass is 442 g/mol. The first-order chi connectivity index (χ1) is 15.5. The first-order valence-corrected chi connectivity index (χ1v) is 10.1. The molecule has 1 fully saturated rings. The van der Waals surface area contributed by atoms with E-state index in [1.165, 1.54) is 12.1 Å². The van der Waals surface area contributed by atoms with E-state index < -0.39 is 18.1 Å². The van der Waals surface area contributed by atoms with Crippen LogP contribution < -0.4 is 15.1 Å². The van der Waals surface area contributed by atoms with Crippen molar-refractivity contribution in [3.63, 3.8) is 0 Å². The average molecular weight is 443 g/mol. The van der Waals surface area contributed by atoms with Gasteiger partial charge in [0.1, 0.15) is 11.9 Å². The number of hydrogen-bond acceptors (Lipinski definition) is 5. The van der Waals surface area contributed by atoms with Crippen molar-refractivity contribution < 1.29 is 14.7 Å².